The fourth-order valence-electron chi connectivity index (χ4n) is 2.83. The summed E-state index contributed by atoms with van der Waals surface area (Å²) >= 11 is 5.21. The summed E-state index contributed by atoms with van der Waals surface area (Å²) in [4.78, 5) is 16.7. The molecule has 7 heteroatoms. The average Bonchev–Trinajstić information content (AvgIpc) is 3.12. The van der Waals surface area contributed by atoms with Gasteiger partial charge in [-0.15, -0.1) is 0 Å². The fourth-order valence-corrected chi connectivity index (χ4v) is 3.04. The zero-order chi connectivity index (χ0) is 20.4. The van der Waals surface area contributed by atoms with E-state index in [0.29, 0.717) is 22.7 Å². The molecule has 1 amide bonds. The number of carbonyl (C=O) groups is 1. The van der Waals surface area contributed by atoms with Crippen LogP contribution in [0.5, 0.6) is 0 Å². The molecule has 0 saturated carbocycles. The number of nitrogens with one attached hydrogen (secondary N) is 2. The number of oxazole rings is 1. The van der Waals surface area contributed by atoms with Crippen LogP contribution in [0.4, 0.5) is 10.1 Å². The first-order chi connectivity index (χ1) is 14.0. The Morgan fingerprint density at radius 2 is 1.86 bits per heavy atom. The summed E-state index contributed by atoms with van der Waals surface area (Å²) in [5.41, 5.74) is 4.37. The quantitative estimate of drug-likeness (QED) is 0.466. The van der Waals surface area contributed by atoms with Gasteiger partial charge >= 0.3 is 0 Å². The van der Waals surface area contributed by atoms with Crippen LogP contribution < -0.4 is 10.6 Å². The molecule has 0 fully saturated rings. The lowest BCUT2D eigenvalue weighted by molar-refractivity contribution is 0.0977. The number of nitrogens with zero attached hydrogens (tertiary/aromatic N) is 1. The molecule has 5 nitrogen and oxygen atoms in total. The number of carbonyl (C=O) groups excluding carboxylic acids is 1. The van der Waals surface area contributed by atoms with E-state index in [1.165, 1.54) is 24.3 Å². The number of thiocarbonyl (C=S) groups is 1. The lowest BCUT2D eigenvalue weighted by Crippen LogP contribution is -2.34. The van der Waals surface area contributed by atoms with Crippen LogP contribution in [-0.2, 0) is 0 Å². The highest BCUT2D eigenvalue weighted by molar-refractivity contribution is 7.80. The van der Waals surface area contributed by atoms with E-state index in [9.17, 15) is 9.18 Å². The maximum absolute atomic E-state index is 13.0. The van der Waals surface area contributed by atoms with Gasteiger partial charge in [0.15, 0.2) is 10.7 Å². The lowest BCUT2D eigenvalue weighted by Gasteiger charge is -2.10. The van der Waals surface area contributed by atoms with E-state index in [0.717, 1.165) is 16.6 Å². The smallest absolute Gasteiger partial charge is 0.257 e. The van der Waals surface area contributed by atoms with Gasteiger partial charge in [0.2, 0.25) is 5.89 Å². The van der Waals surface area contributed by atoms with Crippen molar-refractivity contribution in [3.05, 3.63) is 83.7 Å². The predicted octanol–water partition coefficient (Wildman–Crippen LogP) is 5.07. The van der Waals surface area contributed by atoms with Gasteiger partial charge in [0.25, 0.3) is 5.91 Å². The monoisotopic (exact) mass is 405 g/mol. The highest BCUT2D eigenvalue weighted by Crippen LogP contribution is 2.26. The second-order valence-electron chi connectivity index (χ2n) is 6.49. The molecule has 1 heterocycles. The standard InChI is InChI=1S/C22H16FN3O2S/c1-13-5-10-19-18(11-13)25-21(28-19)15-3-2-4-17(12-15)24-22(29)26-20(27)14-6-8-16(23)9-7-14/h2-12H,1H3,(H2,24,26,27,29). The molecule has 29 heavy (non-hydrogen) atoms. The van der Waals surface area contributed by atoms with Crippen molar-refractivity contribution in [3.8, 4) is 11.5 Å². The first kappa shape index (κ1) is 18.8. The van der Waals surface area contributed by atoms with Crippen molar-refractivity contribution in [2.24, 2.45) is 0 Å². The number of rotatable bonds is 3. The topological polar surface area (TPSA) is 67.2 Å². The number of amides is 1. The number of aromatic nitrogens is 1. The van der Waals surface area contributed by atoms with Crippen molar-refractivity contribution in [1.82, 2.24) is 10.3 Å². The molecule has 0 radical (unpaired) electrons. The number of benzene rings is 3. The van der Waals surface area contributed by atoms with E-state index in [1.54, 1.807) is 0 Å². The average molecular weight is 405 g/mol. The second-order valence-corrected chi connectivity index (χ2v) is 6.89. The molecule has 0 bridgehead atoms. The largest absolute Gasteiger partial charge is 0.436 e. The predicted molar refractivity (Wildman–Crippen MR) is 114 cm³/mol. The van der Waals surface area contributed by atoms with E-state index >= 15 is 0 Å². The zero-order valence-electron chi connectivity index (χ0n) is 15.4. The van der Waals surface area contributed by atoms with Crippen LogP contribution in [0.1, 0.15) is 15.9 Å². The fraction of sp³-hybridized carbons (Fsp3) is 0.0455. The second kappa shape index (κ2) is 7.81. The Balaban J connectivity index is 1.48. The van der Waals surface area contributed by atoms with Crippen molar-refractivity contribution in [1.29, 1.82) is 0 Å². The Kier molecular flexibility index (Phi) is 5.05. The van der Waals surface area contributed by atoms with Gasteiger partial charge in [-0.1, -0.05) is 12.1 Å². The van der Waals surface area contributed by atoms with Crippen molar-refractivity contribution >= 4 is 40.0 Å². The van der Waals surface area contributed by atoms with Gasteiger partial charge in [-0.2, -0.15) is 0 Å². The summed E-state index contributed by atoms with van der Waals surface area (Å²) in [6.45, 7) is 2.00. The molecule has 0 aliphatic carbocycles. The normalized spacial score (nSPS) is 10.7. The first-order valence-electron chi connectivity index (χ1n) is 8.83. The Morgan fingerprint density at radius 1 is 1.07 bits per heavy atom. The number of halogens is 1. The molecule has 4 rings (SSSR count). The lowest BCUT2D eigenvalue weighted by atomic mass is 10.2. The molecule has 1 aromatic heterocycles. The highest BCUT2D eigenvalue weighted by atomic mass is 32.1. The zero-order valence-corrected chi connectivity index (χ0v) is 16.2. The molecule has 3 aromatic carbocycles. The number of hydrogen-bond donors (Lipinski definition) is 2. The molecule has 0 aliphatic heterocycles. The third-order valence-corrected chi connectivity index (χ3v) is 4.45. The molecule has 0 unspecified atom stereocenters. The van der Waals surface area contributed by atoms with Crippen molar-refractivity contribution < 1.29 is 13.6 Å². The van der Waals surface area contributed by atoms with E-state index in [4.69, 9.17) is 16.6 Å². The highest BCUT2D eigenvalue weighted by Gasteiger charge is 2.11. The van der Waals surface area contributed by atoms with Gasteiger partial charge in [0.05, 0.1) is 0 Å². The summed E-state index contributed by atoms with van der Waals surface area (Å²) < 4.78 is 18.8. The first-order valence-corrected chi connectivity index (χ1v) is 9.24. The molecular formula is C22H16FN3O2S. The molecule has 0 aliphatic rings. The van der Waals surface area contributed by atoms with Crippen LogP contribution in [-0.4, -0.2) is 16.0 Å². The minimum absolute atomic E-state index is 0.129. The Hall–Kier alpha value is -3.58. The van der Waals surface area contributed by atoms with Crippen molar-refractivity contribution in [3.63, 3.8) is 0 Å². The van der Waals surface area contributed by atoms with Crippen LogP contribution >= 0.6 is 12.2 Å². The van der Waals surface area contributed by atoms with Crippen LogP contribution in [0, 0.1) is 12.7 Å². The van der Waals surface area contributed by atoms with Gasteiger partial charge in [-0.3, -0.25) is 10.1 Å². The number of aryl methyl sites for hydroxylation is 1. The molecule has 2 N–H and O–H groups in total. The van der Waals surface area contributed by atoms with Gasteiger partial charge in [0, 0.05) is 16.8 Å². The van der Waals surface area contributed by atoms with Gasteiger partial charge in [-0.25, -0.2) is 9.37 Å². The molecule has 4 aromatic rings. The molecule has 144 valence electrons. The maximum Gasteiger partial charge on any atom is 0.257 e. The third-order valence-electron chi connectivity index (χ3n) is 4.24. The minimum atomic E-state index is -0.423. The van der Waals surface area contributed by atoms with E-state index in [-0.39, 0.29) is 5.11 Å². The van der Waals surface area contributed by atoms with E-state index in [1.807, 2.05) is 49.4 Å². The van der Waals surface area contributed by atoms with E-state index in [2.05, 4.69) is 15.6 Å². The van der Waals surface area contributed by atoms with Gasteiger partial charge in [-0.05, 0) is 79.3 Å². The Bertz CT molecular complexity index is 1220. The van der Waals surface area contributed by atoms with Crippen LogP contribution in [0.2, 0.25) is 0 Å². The van der Waals surface area contributed by atoms with Gasteiger partial charge < -0.3 is 9.73 Å². The SMILES string of the molecule is Cc1ccc2oc(-c3cccc(NC(=S)NC(=O)c4ccc(F)cc4)c3)nc2c1. The summed E-state index contributed by atoms with van der Waals surface area (Å²) in [7, 11) is 0. The Morgan fingerprint density at radius 3 is 2.66 bits per heavy atom. The molecule has 0 saturated heterocycles. The summed E-state index contributed by atoms with van der Waals surface area (Å²) in [5, 5.41) is 5.66. The van der Waals surface area contributed by atoms with E-state index < -0.39 is 11.7 Å². The number of fused-ring (bicyclic) bond motifs is 1. The molecule has 0 atom stereocenters. The third kappa shape index (κ3) is 4.30. The van der Waals surface area contributed by atoms with Crippen LogP contribution in [0.25, 0.3) is 22.6 Å². The van der Waals surface area contributed by atoms with Crippen LogP contribution in [0.15, 0.2) is 71.1 Å². The van der Waals surface area contributed by atoms with Crippen molar-refractivity contribution in [2.45, 2.75) is 6.92 Å². The van der Waals surface area contributed by atoms with Crippen LogP contribution in [0.3, 0.4) is 0 Å². The van der Waals surface area contributed by atoms with Gasteiger partial charge in [0.1, 0.15) is 11.3 Å². The number of anilines is 1. The molecule has 0 spiro atoms. The maximum atomic E-state index is 13.0. The van der Waals surface area contributed by atoms with Crippen molar-refractivity contribution in [2.75, 3.05) is 5.32 Å². The summed E-state index contributed by atoms with van der Waals surface area (Å²) in [6, 6.07) is 18.4. The summed E-state index contributed by atoms with van der Waals surface area (Å²) in [6.07, 6.45) is 0. The summed E-state index contributed by atoms with van der Waals surface area (Å²) in [5.74, 6) is -0.336. The minimum Gasteiger partial charge on any atom is -0.436 e. The number of hydrogen-bond acceptors (Lipinski definition) is 4. The molecular weight excluding hydrogens is 389 g/mol. The Labute approximate surface area is 171 Å².